The van der Waals surface area contributed by atoms with Crippen LogP contribution >= 0.6 is 0 Å². The molecule has 1 saturated carbocycles. The van der Waals surface area contributed by atoms with E-state index in [1.807, 2.05) is 0 Å². The monoisotopic (exact) mass is 400 g/mol. The lowest BCUT2D eigenvalue weighted by atomic mass is 10.2. The van der Waals surface area contributed by atoms with Crippen molar-refractivity contribution in [2.75, 3.05) is 12.9 Å². The summed E-state index contributed by atoms with van der Waals surface area (Å²) in [4.78, 5) is 8.22. The van der Waals surface area contributed by atoms with Crippen molar-refractivity contribution in [1.82, 2.24) is 10.5 Å². The van der Waals surface area contributed by atoms with Crippen molar-refractivity contribution in [3.05, 3.63) is 29.6 Å². The molecule has 2 atom stereocenters. The number of nitrogens with two attached hydrogens (primary N) is 1. The summed E-state index contributed by atoms with van der Waals surface area (Å²) in [6, 6.07) is 1.89. The summed E-state index contributed by atoms with van der Waals surface area (Å²) in [6.07, 6.45) is -2.69. The Bertz CT molecular complexity index is 814. The third kappa shape index (κ3) is 5.04. The standard InChI is InChI=1S/C14H17F5N4O2S/c1-8(9-3-4-11(21-6-9)14(17,18)19)26(2,24)23-12(20)22-25-7-10-5-13(10,15)16/h3-4,6,10H,5,7H2,1-2H3,(H3,20,22,23,24). The molecule has 1 heterocycles. The Balaban J connectivity index is 2.09. The second-order valence-electron chi connectivity index (χ2n) is 5.84. The van der Waals surface area contributed by atoms with Crippen LogP contribution in [0.2, 0.25) is 0 Å². The Morgan fingerprint density at radius 2 is 2.12 bits per heavy atom. The van der Waals surface area contributed by atoms with Gasteiger partial charge in [-0.2, -0.15) is 17.6 Å². The molecule has 0 saturated heterocycles. The number of nitrogens with one attached hydrogen (secondary N) is 1. The van der Waals surface area contributed by atoms with E-state index in [1.54, 1.807) is 0 Å². The van der Waals surface area contributed by atoms with Crippen molar-refractivity contribution < 1.29 is 31.0 Å². The number of rotatable bonds is 5. The van der Waals surface area contributed by atoms with Crippen molar-refractivity contribution in [2.24, 2.45) is 16.0 Å². The van der Waals surface area contributed by atoms with Gasteiger partial charge in [-0.15, -0.1) is 0 Å². The fraction of sp³-hybridized carbons (Fsp3) is 0.500. The van der Waals surface area contributed by atoms with Crippen molar-refractivity contribution in [1.29, 1.82) is 0 Å². The maximum Gasteiger partial charge on any atom is 0.433 e. The Morgan fingerprint density at radius 3 is 2.58 bits per heavy atom. The second-order valence-corrected chi connectivity index (χ2v) is 8.24. The first-order chi connectivity index (χ1) is 11.8. The van der Waals surface area contributed by atoms with Crippen LogP contribution in [0.25, 0.3) is 0 Å². The number of halogens is 5. The van der Waals surface area contributed by atoms with Gasteiger partial charge in [0.25, 0.3) is 5.92 Å². The van der Waals surface area contributed by atoms with Crippen molar-refractivity contribution in [3.63, 3.8) is 0 Å². The van der Waals surface area contributed by atoms with Crippen LogP contribution in [0.4, 0.5) is 22.0 Å². The molecule has 1 aromatic rings. The molecule has 0 radical (unpaired) electrons. The van der Waals surface area contributed by atoms with E-state index in [9.17, 15) is 26.2 Å². The van der Waals surface area contributed by atoms with E-state index in [2.05, 4.69) is 14.9 Å². The zero-order chi connectivity index (χ0) is 19.8. The predicted molar refractivity (Wildman–Crippen MR) is 86.9 cm³/mol. The van der Waals surface area contributed by atoms with E-state index in [1.165, 1.54) is 13.2 Å². The highest BCUT2D eigenvalue weighted by Gasteiger charge is 2.57. The lowest BCUT2D eigenvalue weighted by Gasteiger charge is -2.10. The van der Waals surface area contributed by atoms with Gasteiger partial charge in [-0.3, -0.25) is 9.82 Å². The van der Waals surface area contributed by atoms with E-state index in [0.29, 0.717) is 0 Å². The van der Waals surface area contributed by atoms with Crippen LogP contribution in [-0.4, -0.2) is 38.8 Å². The zero-order valence-electron chi connectivity index (χ0n) is 13.8. The van der Waals surface area contributed by atoms with Crippen LogP contribution < -0.4 is 11.2 Å². The molecule has 12 heteroatoms. The molecule has 2 rings (SSSR count). The average molecular weight is 400 g/mol. The molecular formula is C14H17F5N4O2S. The van der Waals surface area contributed by atoms with E-state index >= 15 is 0 Å². The van der Waals surface area contributed by atoms with Gasteiger partial charge in [0.15, 0.2) is 0 Å². The highest BCUT2D eigenvalue weighted by molar-refractivity contribution is 8.01. The minimum absolute atomic E-state index is 0.150. The van der Waals surface area contributed by atoms with Gasteiger partial charge in [-0.05, 0) is 13.0 Å². The molecule has 2 unspecified atom stereocenters. The molecule has 0 aromatic carbocycles. The number of nitrogens with zero attached hydrogens (tertiary/aromatic N) is 2. The fourth-order valence-corrected chi connectivity index (χ4v) is 3.04. The van der Waals surface area contributed by atoms with Crippen LogP contribution in [0.5, 0.6) is 0 Å². The van der Waals surface area contributed by atoms with E-state index in [-0.39, 0.29) is 23.5 Å². The van der Waals surface area contributed by atoms with Gasteiger partial charge in [-0.25, -0.2) is 18.5 Å². The van der Waals surface area contributed by atoms with Crippen LogP contribution in [-0.2, 0) is 20.7 Å². The Hall–Kier alpha value is -1.95. The molecule has 1 aromatic heterocycles. The summed E-state index contributed by atoms with van der Waals surface area (Å²) in [6.45, 7) is 1.12. The minimum Gasteiger partial charge on any atom is -0.367 e. The molecule has 0 amide bonds. The quantitative estimate of drug-likeness (QED) is 0.197. The number of aromatic nitrogens is 1. The van der Waals surface area contributed by atoms with Crippen molar-refractivity contribution in [3.8, 4) is 0 Å². The van der Waals surface area contributed by atoms with Gasteiger partial charge in [0, 0.05) is 29.3 Å². The van der Waals surface area contributed by atoms with Gasteiger partial charge in [0.2, 0.25) is 5.96 Å². The fourth-order valence-electron chi connectivity index (χ4n) is 1.93. The summed E-state index contributed by atoms with van der Waals surface area (Å²) in [5.41, 5.74) is 6.74. The first-order valence-electron chi connectivity index (χ1n) is 7.30. The highest BCUT2D eigenvalue weighted by atomic mass is 32.2. The maximum atomic E-state index is 12.7. The predicted octanol–water partition coefficient (Wildman–Crippen LogP) is 1.96. The van der Waals surface area contributed by atoms with Crippen LogP contribution in [0, 0.1) is 5.92 Å². The Labute approximate surface area is 146 Å². The van der Waals surface area contributed by atoms with Crippen LogP contribution in [0.15, 0.2) is 22.7 Å². The first kappa shape index (κ1) is 20.4. The molecule has 1 fully saturated rings. The number of hydrogen-bond acceptors (Lipinski definition) is 3. The number of hydroxylamine groups is 1. The Morgan fingerprint density at radius 1 is 1.50 bits per heavy atom. The SMILES string of the molecule is CC(c1ccc(C(F)(F)F)nc1)=S(C)(=O)N=C(N)NOCC1CC1(F)F. The van der Waals surface area contributed by atoms with E-state index in [0.717, 1.165) is 18.3 Å². The molecule has 1 aliphatic rings. The van der Waals surface area contributed by atoms with Gasteiger partial charge >= 0.3 is 6.18 Å². The summed E-state index contributed by atoms with van der Waals surface area (Å²) < 4.78 is 79.3. The normalized spacial score (nSPS) is 21.8. The first-order valence-corrected chi connectivity index (χ1v) is 9.22. The summed E-state index contributed by atoms with van der Waals surface area (Å²) in [5, 5.41) is 0. The second kappa shape index (κ2) is 6.99. The van der Waals surface area contributed by atoms with Gasteiger partial charge in [-0.1, -0.05) is 6.07 Å². The number of guanidine groups is 1. The molecule has 3 N–H and O–H groups in total. The maximum absolute atomic E-state index is 12.7. The smallest absolute Gasteiger partial charge is 0.367 e. The summed E-state index contributed by atoms with van der Waals surface area (Å²) >= 11 is 0. The number of pyridine rings is 1. The third-order valence-corrected chi connectivity index (χ3v) is 5.64. The molecule has 146 valence electrons. The van der Waals surface area contributed by atoms with Crippen LogP contribution in [0.3, 0.4) is 0 Å². The van der Waals surface area contributed by atoms with Crippen molar-refractivity contribution >= 4 is 20.5 Å². The number of alkyl halides is 5. The molecule has 26 heavy (non-hydrogen) atoms. The van der Waals surface area contributed by atoms with E-state index in [4.69, 9.17) is 10.6 Å². The lowest BCUT2D eigenvalue weighted by Crippen LogP contribution is -2.34. The Kier molecular flexibility index (Phi) is 5.47. The molecule has 0 spiro atoms. The zero-order valence-corrected chi connectivity index (χ0v) is 14.6. The molecule has 6 nitrogen and oxygen atoms in total. The lowest BCUT2D eigenvalue weighted by molar-refractivity contribution is -0.141. The van der Waals surface area contributed by atoms with Gasteiger partial charge in [0.05, 0.1) is 22.2 Å². The topological polar surface area (TPSA) is 89.6 Å². The van der Waals surface area contributed by atoms with Gasteiger partial charge in [0.1, 0.15) is 5.69 Å². The summed E-state index contributed by atoms with van der Waals surface area (Å²) in [7, 11) is -3.10. The minimum atomic E-state index is -4.58. The largest absolute Gasteiger partial charge is 0.433 e. The molecule has 0 bridgehead atoms. The molecule has 0 aliphatic heterocycles. The highest BCUT2D eigenvalue weighted by Crippen LogP contribution is 2.48. The van der Waals surface area contributed by atoms with Crippen LogP contribution in [0.1, 0.15) is 24.6 Å². The third-order valence-electron chi connectivity index (χ3n) is 3.72. The molecule has 1 aliphatic carbocycles. The number of hydrogen-bond donors (Lipinski definition) is 2. The average Bonchev–Trinajstić information content (AvgIpc) is 3.12. The van der Waals surface area contributed by atoms with Crippen molar-refractivity contribution in [2.45, 2.75) is 25.4 Å². The van der Waals surface area contributed by atoms with E-state index < -0.39 is 39.4 Å². The molecular weight excluding hydrogens is 383 g/mol. The van der Waals surface area contributed by atoms with Gasteiger partial charge < -0.3 is 5.73 Å². The summed E-state index contributed by atoms with van der Waals surface area (Å²) in [5.74, 6) is -4.05.